The highest BCUT2D eigenvalue weighted by atomic mass is 79.9. The fourth-order valence-electron chi connectivity index (χ4n) is 1.85. The Morgan fingerprint density at radius 2 is 2.24 bits per heavy atom. The van der Waals surface area contributed by atoms with E-state index in [2.05, 4.69) is 38.5 Å². The highest BCUT2D eigenvalue weighted by Crippen LogP contribution is 2.24. The minimum Gasteiger partial charge on any atom is -0.496 e. The molecule has 1 aromatic heterocycles. The maximum absolute atomic E-state index is 5.37. The summed E-state index contributed by atoms with van der Waals surface area (Å²) in [7, 11) is 1.70. The molecule has 0 N–H and O–H groups in total. The van der Waals surface area contributed by atoms with Crippen LogP contribution in [0.4, 0.5) is 0 Å². The quantitative estimate of drug-likeness (QED) is 0.865. The number of methoxy groups -OCH3 is 1. The molecule has 0 aliphatic rings. The molecule has 0 amide bonds. The van der Waals surface area contributed by atoms with Crippen LogP contribution in [0.15, 0.2) is 35.1 Å². The van der Waals surface area contributed by atoms with E-state index in [9.17, 15) is 0 Å². The Morgan fingerprint density at radius 3 is 2.94 bits per heavy atom. The average Bonchev–Trinajstić information content (AvgIpc) is 2.77. The molecule has 0 aliphatic carbocycles. The SMILES string of the molecule is CCc1nccn1Cc1cc(Br)ccc1OC. The number of rotatable bonds is 4. The molecule has 0 atom stereocenters. The van der Waals surface area contributed by atoms with Crippen LogP contribution in [0.3, 0.4) is 0 Å². The van der Waals surface area contributed by atoms with Crippen LogP contribution in [0, 0.1) is 0 Å². The lowest BCUT2D eigenvalue weighted by molar-refractivity contribution is 0.408. The molecule has 0 radical (unpaired) electrons. The van der Waals surface area contributed by atoms with E-state index in [1.54, 1.807) is 7.11 Å². The van der Waals surface area contributed by atoms with Gasteiger partial charge in [-0.15, -0.1) is 0 Å². The van der Waals surface area contributed by atoms with E-state index in [1.807, 2.05) is 24.5 Å². The predicted molar refractivity (Wildman–Crippen MR) is 71.4 cm³/mol. The molecule has 2 rings (SSSR count). The van der Waals surface area contributed by atoms with E-state index in [4.69, 9.17) is 4.74 Å². The highest BCUT2D eigenvalue weighted by molar-refractivity contribution is 9.10. The molecule has 3 nitrogen and oxygen atoms in total. The number of aromatic nitrogens is 2. The summed E-state index contributed by atoms with van der Waals surface area (Å²) in [6.45, 7) is 2.89. The van der Waals surface area contributed by atoms with Crippen molar-refractivity contribution in [3.63, 3.8) is 0 Å². The first-order valence-electron chi connectivity index (χ1n) is 5.57. The topological polar surface area (TPSA) is 27.1 Å². The van der Waals surface area contributed by atoms with Crippen LogP contribution in [-0.2, 0) is 13.0 Å². The van der Waals surface area contributed by atoms with Crippen molar-refractivity contribution < 1.29 is 4.74 Å². The van der Waals surface area contributed by atoms with Gasteiger partial charge in [-0.05, 0) is 18.2 Å². The van der Waals surface area contributed by atoms with Gasteiger partial charge < -0.3 is 9.30 Å². The van der Waals surface area contributed by atoms with Crippen molar-refractivity contribution in [3.8, 4) is 5.75 Å². The minimum absolute atomic E-state index is 0.784. The average molecular weight is 295 g/mol. The second-order valence-electron chi connectivity index (χ2n) is 3.78. The molecule has 4 heteroatoms. The van der Waals surface area contributed by atoms with Gasteiger partial charge in [0.05, 0.1) is 13.7 Å². The Kier molecular flexibility index (Phi) is 3.84. The van der Waals surface area contributed by atoms with Crippen LogP contribution in [0.25, 0.3) is 0 Å². The third-order valence-electron chi connectivity index (χ3n) is 2.70. The van der Waals surface area contributed by atoms with Crippen molar-refractivity contribution in [1.82, 2.24) is 9.55 Å². The van der Waals surface area contributed by atoms with Crippen LogP contribution in [0.1, 0.15) is 18.3 Å². The van der Waals surface area contributed by atoms with Gasteiger partial charge >= 0.3 is 0 Å². The molecule has 0 saturated carbocycles. The summed E-state index contributed by atoms with van der Waals surface area (Å²) in [4.78, 5) is 4.32. The zero-order valence-electron chi connectivity index (χ0n) is 9.98. The second kappa shape index (κ2) is 5.36. The highest BCUT2D eigenvalue weighted by Gasteiger charge is 2.07. The maximum atomic E-state index is 5.37. The Labute approximate surface area is 110 Å². The molecule has 0 fully saturated rings. The summed E-state index contributed by atoms with van der Waals surface area (Å²) < 4.78 is 8.57. The van der Waals surface area contributed by atoms with Crippen LogP contribution >= 0.6 is 15.9 Å². The van der Waals surface area contributed by atoms with Crippen molar-refractivity contribution in [3.05, 3.63) is 46.5 Å². The van der Waals surface area contributed by atoms with Crippen LogP contribution in [-0.4, -0.2) is 16.7 Å². The van der Waals surface area contributed by atoms with Gasteiger partial charge in [0.25, 0.3) is 0 Å². The largest absolute Gasteiger partial charge is 0.496 e. The van der Waals surface area contributed by atoms with E-state index in [-0.39, 0.29) is 0 Å². The first-order valence-corrected chi connectivity index (χ1v) is 6.36. The van der Waals surface area contributed by atoms with E-state index < -0.39 is 0 Å². The molecule has 0 aliphatic heterocycles. The fourth-order valence-corrected chi connectivity index (χ4v) is 2.26. The number of halogens is 1. The summed E-state index contributed by atoms with van der Waals surface area (Å²) in [6.07, 6.45) is 4.77. The maximum Gasteiger partial charge on any atom is 0.123 e. The van der Waals surface area contributed by atoms with Crippen LogP contribution in [0.5, 0.6) is 5.75 Å². The lowest BCUT2D eigenvalue weighted by Gasteiger charge is -2.11. The molecule has 0 spiro atoms. The zero-order valence-corrected chi connectivity index (χ0v) is 11.6. The van der Waals surface area contributed by atoms with E-state index in [1.165, 1.54) is 0 Å². The van der Waals surface area contributed by atoms with Gasteiger partial charge in [-0.25, -0.2) is 4.98 Å². The fraction of sp³-hybridized carbons (Fsp3) is 0.308. The summed E-state index contributed by atoms with van der Waals surface area (Å²) in [5.41, 5.74) is 1.15. The minimum atomic E-state index is 0.784. The molecule has 0 unspecified atom stereocenters. The summed E-state index contributed by atoms with van der Waals surface area (Å²) >= 11 is 3.48. The van der Waals surface area contributed by atoms with Gasteiger partial charge in [0.2, 0.25) is 0 Å². The molecular weight excluding hydrogens is 280 g/mol. The molecule has 17 heavy (non-hydrogen) atoms. The predicted octanol–water partition coefficient (Wildman–Crippen LogP) is 3.26. The lowest BCUT2D eigenvalue weighted by Crippen LogP contribution is -2.04. The number of hydrogen-bond donors (Lipinski definition) is 0. The third-order valence-corrected chi connectivity index (χ3v) is 3.19. The molecule has 1 aromatic carbocycles. The van der Waals surface area contributed by atoms with Crippen LogP contribution < -0.4 is 4.74 Å². The standard InChI is InChI=1S/C13H15BrN2O/c1-3-13-15-6-7-16(13)9-10-8-11(14)4-5-12(10)17-2/h4-8H,3,9H2,1-2H3. The zero-order chi connectivity index (χ0) is 12.3. The van der Waals surface area contributed by atoms with Crippen LogP contribution in [0.2, 0.25) is 0 Å². The number of benzene rings is 1. The van der Waals surface area contributed by atoms with Crippen molar-refractivity contribution in [2.45, 2.75) is 19.9 Å². The van der Waals surface area contributed by atoms with Gasteiger partial charge in [0, 0.05) is 28.9 Å². The molecule has 2 aromatic rings. The van der Waals surface area contributed by atoms with Crippen molar-refractivity contribution in [2.24, 2.45) is 0 Å². The van der Waals surface area contributed by atoms with Crippen molar-refractivity contribution in [2.75, 3.05) is 7.11 Å². The molecule has 90 valence electrons. The number of nitrogens with zero attached hydrogens (tertiary/aromatic N) is 2. The Hall–Kier alpha value is -1.29. The lowest BCUT2D eigenvalue weighted by atomic mass is 10.2. The summed E-state index contributed by atoms with van der Waals surface area (Å²) in [6, 6.07) is 6.04. The smallest absolute Gasteiger partial charge is 0.123 e. The molecule has 1 heterocycles. The summed E-state index contributed by atoms with van der Waals surface area (Å²) in [5, 5.41) is 0. The number of imidazole rings is 1. The first kappa shape index (κ1) is 12.2. The third kappa shape index (κ3) is 2.69. The molecule has 0 saturated heterocycles. The van der Waals surface area contributed by atoms with E-state index >= 15 is 0 Å². The van der Waals surface area contributed by atoms with E-state index in [0.29, 0.717) is 0 Å². The van der Waals surface area contributed by atoms with Gasteiger partial charge in [0.15, 0.2) is 0 Å². The second-order valence-corrected chi connectivity index (χ2v) is 4.70. The molecule has 0 bridgehead atoms. The van der Waals surface area contributed by atoms with Gasteiger partial charge in [-0.2, -0.15) is 0 Å². The number of hydrogen-bond acceptors (Lipinski definition) is 2. The number of aryl methyl sites for hydroxylation is 1. The Balaban J connectivity index is 2.32. The Bertz CT molecular complexity index is 508. The van der Waals surface area contributed by atoms with Gasteiger partial charge in [-0.3, -0.25) is 0 Å². The normalized spacial score (nSPS) is 10.5. The number of ether oxygens (including phenoxy) is 1. The first-order chi connectivity index (χ1) is 8.24. The van der Waals surface area contributed by atoms with Crippen molar-refractivity contribution in [1.29, 1.82) is 0 Å². The van der Waals surface area contributed by atoms with Gasteiger partial charge in [-0.1, -0.05) is 22.9 Å². The van der Waals surface area contributed by atoms with Crippen molar-refractivity contribution >= 4 is 15.9 Å². The Morgan fingerprint density at radius 1 is 1.41 bits per heavy atom. The monoisotopic (exact) mass is 294 g/mol. The summed E-state index contributed by atoms with van der Waals surface area (Å²) in [5.74, 6) is 2.00. The van der Waals surface area contributed by atoms with Gasteiger partial charge in [0.1, 0.15) is 11.6 Å². The van der Waals surface area contributed by atoms with E-state index in [0.717, 1.165) is 34.6 Å². The molecular formula is C13H15BrN2O.